The zero-order valence-electron chi connectivity index (χ0n) is 17.5. The van der Waals surface area contributed by atoms with Gasteiger partial charge in [-0.2, -0.15) is 0 Å². The number of ether oxygens (including phenoxy) is 1. The number of hydrogen-bond donors (Lipinski definition) is 1. The predicted molar refractivity (Wildman–Crippen MR) is 121 cm³/mol. The van der Waals surface area contributed by atoms with E-state index in [0.717, 1.165) is 24.2 Å². The van der Waals surface area contributed by atoms with Gasteiger partial charge in [0.05, 0.1) is 25.1 Å². The van der Waals surface area contributed by atoms with Crippen molar-refractivity contribution in [1.82, 2.24) is 4.90 Å². The Kier molecular flexibility index (Phi) is 5.59. The molecule has 32 heavy (non-hydrogen) atoms. The van der Waals surface area contributed by atoms with Crippen LogP contribution in [0.25, 0.3) is 22.6 Å². The summed E-state index contributed by atoms with van der Waals surface area (Å²) in [5.41, 5.74) is 3.39. The van der Waals surface area contributed by atoms with Gasteiger partial charge in [-0.05, 0) is 54.3 Å². The van der Waals surface area contributed by atoms with Gasteiger partial charge < -0.3 is 14.5 Å². The lowest BCUT2D eigenvalue weighted by atomic mass is 10.1. The van der Waals surface area contributed by atoms with Gasteiger partial charge in [-0.25, -0.2) is 4.39 Å². The molecular formula is C25H23FN2O4. The number of anilines is 1. The molecule has 0 saturated carbocycles. The maximum atomic E-state index is 13.2. The third-order valence-electron chi connectivity index (χ3n) is 5.89. The summed E-state index contributed by atoms with van der Waals surface area (Å²) in [5.74, 6) is 0.162. The maximum absolute atomic E-state index is 13.2. The molecule has 0 unspecified atom stereocenters. The number of allylic oxidation sites excluding steroid dienone is 1. The fourth-order valence-electron chi connectivity index (χ4n) is 4.23. The summed E-state index contributed by atoms with van der Waals surface area (Å²) in [6.07, 6.45) is 3.22. The standard InChI is InChI=1S/C25H23FN2O4/c26-18-4-1-16(2-5-18)13-17-3-7-21-24(30)20-8-6-19(14-22(20)32-25(17)21)27-23(29)15-28-9-11-31-12-10-28/h1-2,4-6,8,13-14H,3,7,9-12,15H2,(H,27,29). The number of carbonyl (C=O) groups is 1. The predicted octanol–water partition coefficient (Wildman–Crippen LogP) is 3.69. The molecule has 5 rings (SSSR count). The van der Waals surface area contributed by atoms with E-state index >= 15 is 0 Å². The summed E-state index contributed by atoms with van der Waals surface area (Å²) >= 11 is 0. The Hall–Kier alpha value is -3.29. The van der Waals surface area contributed by atoms with E-state index in [0.29, 0.717) is 60.6 Å². The van der Waals surface area contributed by atoms with Gasteiger partial charge in [-0.15, -0.1) is 0 Å². The van der Waals surface area contributed by atoms with E-state index in [2.05, 4.69) is 5.32 Å². The van der Waals surface area contributed by atoms with Crippen LogP contribution in [0.5, 0.6) is 0 Å². The lowest BCUT2D eigenvalue weighted by Crippen LogP contribution is -2.41. The van der Waals surface area contributed by atoms with Crippen LogP contribution in [0, 0.1) is 5.82 Å². The Balaban J connectivity index is 1.42. The molecule has 7 heteroatoms. The van der Waals surface area contributed by atoms with Gasteiger partial charge in [-0.3, -0.25) is 14.5 Å². The van der Waals surface area contributed by atoms with Crippen molar-refractivity contribution < 1.29 is 18.3 Å². The van der Waals surface area contributed by atoms with Crippen molar-refractivity contribution >= 4 is 34.2 Å². The lowest BCUT2D eigenvalue weighted by Gasteiger charge is -2.25. The molecule has 1 saturated heterocycles. The molecule has 1 aliphatic carbocycles. The van der Waals surface area contributed by atoms with Crippen molar-refractivity contribution in [2.75, 3.05) is 38.2 Å². The van der Waals surface area contributed by atoms with E-state index in [9.17, 15) is 14.0 Å². The maximum Gasteiger partial charge on any atom is 0.238 e. The number of rotatable bonds is 4. The minimum atomic E-state index is -0.292. The first-order valence-electron chi connectivity index (χ1n) is 10.7. The second-order valence-electron chi connectivity index (χ2n) is 8.11. The molecule has 1 aliphatic heterocycles. The summed E-state index contributed by atoms with van der Waals surface area (Å²) in [6, 6.07) is 11.3. The molecule has 1 fully saturated rings. The number of halogens is 1. The summed E-state index contributed by atoms with van der Waals surface area (Å²) in [6.45, 7) is 3.02. The molecule has 2 aromatic carbocycles. The van der Waals surface area contributed by atoms with Crippen molar-refractivity contribution in [2.24, 2.45) is 0 Å². The van der Waals surface area contributed by atoms with E-state index < -0.39 is 0 Å². The lowest BCUT2D eigenvalue weighted by molar-refractivity contribution is -0.118. The molecule has 1 aromatic heterocycles. The Morgan fingerprint density at radius 3 is 2.66 bits per heavy atom. The number of amides is 1. The van der Waals surface area contributed by atoms with Gasteiger partial charge in [0.25, 0.3) is 0 Å². The zero-order chi connectivity index (χ0) is 22.1. The van der Waals surface area contributed by atoms with Gasteiger partial charge in [0.1, 0.15) is 17.2 Å². The van der Waals surface area contributed by atoms with E-state index in [1.165, 1.54) is 12.1 Å². The Labute approximate surface area is 184 Å². The largest absolute Gasteiger partial charge is 0.456 e. The van der Waals surface area contributed by atoms with E-state index in [1.807, 2.05) is 11.0 Å². The zero-order valence-corrected chi connectivity index (χ0v) is 17.5. The number of nitrogens with zero attached hydrogens (tertiary/aromatic N) is 1. The highest BCUT2D eigenvalue weighted by molar-refractivity contribution is 5.95. The van der Waals surface area contributed by atoms with Crippen LogP contribution in [0.4, 0.5) is 10.1 Å². The summed E-state index contributed by atoms with van der Waals surface area (Å²) in [7, 11) is 0. The van der Waals surface area contributed by atoms with Crippen LogP contribution in [0.2, 0.25) is 0 Å². The van der Waals surface area contributed by atoms with Crippen LogP contribution in [0.1, 0.15) is 23.3 Å². The molecule has 2 heterocycles. The van der Waals surface area contributed by atoms with Crippen LogP contribution in [0.15, 0.2) is 51.7 Å². The normalized spacial score (nSPS) is 17.6. The van der Waals surface area contributed by atoms with Gasteiger partial charge in [0, 0.05) is 30.4 Å². The van der Waals surface area contributed by atoms with E-state index in [1.54, 1.807) is 30.3 Å². The number of morpholine rings is 1. The molecule has 1 amide bonds. The molecule has 6 nitrogen and oxygen atoms in total. The number of fused-ring (bicyclic) bond motifs is 2. The average Bonchev–Trinajstić information content (AvgIpc) is 3.18. The summed E-state index contributed by atoms with van der Waals surface area (Å²) < 4.78 is 24.7. The smallest absolute Gasteiger partial charge is 0.238 e. The molecule has 164 valence electrons. The fourth-order valence-corrected chi connectivity index (χ4v) is 4.23. The first-order valence-corrected chi connectivity index (χ1v) is 10.7. The third-order valence-corrected chi connectivity index (χ3v) is 5.89. The van der Waals surface area contributed by atoms with Crippen molar-refractivity contribution in [3.63, 3.8) is 0 Å². The summed E-state index contributed by atoms with van der Waals surface area (Å²) in [5, 5.41) is 3.39. The van der Waals surface area contributed by atoms with Gasteiger partial charge in [0.15, 0.2) is 5.43 Å². The Morgan fingerprint density at radius 1 is 1.09 bits per heavy atom. The van der Waals surface area contributed by atoms with Crippen molar-refractivity contribution in [2.45, 2.75) is 12.8 Å². The minimum Gasteiger partial charge on any atom is -0.456 e. The van der Waals surface area contributed by atoms with Crippen LogP contribution in [0.3, 0.4) is 0 Å². The van der Waals surface area contributed by atoms with Gasteiger partial charge in [0.2, 0.25) is 5.91 Å². The Morgan fingerprint density at radius 2 is 1.88 bits per heavy atom. The second kappa shape index (κ2) is 8.68. The third kappa shape index (κ3) is 4.22. The highest BCUT2D eigenvalue weighted by Crippen LogP contribution is 2.34. The second-order valence-corrected chi connectivity index (χ2v) is 8.11. The van der Waals surface area contributed by atoms with Gasteiger partial charge >= 0.3 is 0 Å². The fraction of sp³-hybridized carbons (Fsp3) is 0.280. The number of carbonyl (C=O) groups excluding carboxylic acids is 1. The average molecular weight is 434 g/mol. The molecule has 0 spiro atoms. The number of benzene rings is 2. The molecule has 0 bridgehead atoms. The van der Waals surface area contributed by atoms with Crippen molar-refractivity contribution in [1.29, 1.82) is 0 Å². The van der Waals surface area contributed by atoms with Crippen LogP contribution in [-0.4, -0.2) is 43.7 Å². The Bertz CT molecular complexity index is 1260. The topological polar surface area (TPSA) is 71.8 Å². The summed E-state index contributed by atoms with van der Waals surface area (Å²) in [4.78, 5) is 27.5. The van der Waals surface area contributed by atoms with E-state index in [-0.39, 0.29) is 17.2 Å². The highest BCUT2D eigenvalue weighted by atomic mass is 19.1. The van der Waals surface area contributed by atoms with Crippen LogP contribution >= 0.6 is 0 Å². The van der Waals surface area contributed by atoms with Crippen LogP contribution < -0.4 is 10.7 Å². The highest BCUT2D eigenvalue weighted by Gasteiger charge is 2.24. The minimum absolute atomic E-state index is 0.0463. The number of hydrogen-bond acceptors (Lipinski definition) is 5. The SMILES string of the molecule is O=C(CN1CCOCC1)Nc1ccc2c(=O)c3c(oc2c1)C(=Cc1ccc(F)cc1)CC3. The molecular weight excluding hydrogens is 411 g/mol. The molecule has 3 aromatic rings. The molecule has 1 N–H and O–H groups in total. The quantitative estimate of drug-likeness (QED) is 0.678. The first kappa shape index (κ1) is 20.6. The van der Waals surface area contributed by atoms with Crippen molar-refractivity contribution in [3.05, 3.63) is 75.4 Å². The monoisotopic (exact) mass is 434 g/mol. The first-order chi connectivity index (χ1) is 15.6. The van der Waals surface area contributed by atoms with Crippen LogP contribution in [-0.2, 0) is 16.0 Å². The van der Waals surface area contributed by atoms with Crippen molar-refractivity contribution in [3.8, 4) is 0 Å². The molecule has 0 atom stereocenters. The number of nitrogens with one attached hydrogen (secondary N) is 1. The molecule has 0 radical (unpaired) electrons. The molecule has 2 aliphatic rings. The van der Waals surface area contributed by atoms with E-state index in [4.69, 9.17) is 9.15 Å². The van der Waals surface area contributed by atoms with Gasteiger partial charge in [-0.1, -0.05) is 12.1 Å².